The standard InChI is InChI=1S/C22H30N4O4/c1-22(2,3)30-21(29)25-19-10-9-15(12-23-19)11-17(20(27)28)18-13-26(14-24-18)16-7-5-4-6-8-16/h9-10,12-14,16-17H,4-8,11H2,1-3H3,(H,27,28)(H,23,25,29). The third kappa shape index (κ3) is 6.05. The Hall–Kier alpha value is -2.90. The van der Waals surface area contributed by atoms with Gasteiger partial charge in [0.2, 0.25) is 0 Å². The van der Waals surface area contributed by atoms with Gasteiger partial charge in [0.05, 0.1) is 12.0 Å². The molecule has 0 bridgehead atoms. The van der Waals surface area contributed by atoms with E-state index in [-0.39, 0.29) is 6.42 Å². The first-order valence-corrected chi connectivity index (χ1v) is 10.4. The molecule has 1 aliphatic carbocycles. The van der Waals surface area contributed by atoms with Crippen LogP contribution in [0.25, 0.3) is 0 Å². The number of hydrogen-bond donors (Lipinski definition) is 2. The quantitative estimate of drug-likeness (QED) is 0.719. The number of imidazole rings is 1. The number of rotatable bonds is 6. The predicted molar refractivity (Wildman–Crippen MR) is 113 cm³/mol. The van der Waals surface area contributed by atoms with Gasteiger partial charge in [0.15, 0.2) is 0 Å². The molecule has 1 atom stereocenters. The monoisotopic (exact) mass is 414 g/mol. The molecule has 0 aliphatic heterocycles. The van der Waals surface area contributed by atoms with Crippen molar-refractivity contribution in [3.05, 3.63) is 42.1 Å². The summed E-state index contributed by atoms with van der Waals surface area (Å²) in [6.45, 7) is 5.35. The van der Waals surface area contributed by atoms with Crippen LogP contribution in [0.5, 0.6) is 0 Å². The Morgan fingerprint density at radius 3 is 2.57 bits per heavy atom. The molecule has 2 N–H and O–H groups in total. The first kappa shape index (κ1) is 21.8. The largest absolute Gasteiger partial charge is 0.481 e. The third-order valence-electron chi connectivity index (χ3n) is 5.17. The number of ether oxygens (including phenoxy) is 1. The van der Waals surface area contributed by atoms with Crippen LogP contribution in [-0.4, -0.2) is 37.3 Å². The van der Waals surface area contributed by atoms with Crippen LogP contribution in [-0.2, 0) is 16.0 Å². The highest BCUT2D eigenvalue weighted by molar-refractivity contribution is 5.83. The number of carboxylic acids is 1. The highest BCUT2D eigenvalue weighted by Crippen LogP contribution is 2.29. The van der Waals surface area contributed by atoms with Gasteiger partial charge in [-0.25, -0.2) is 14.8 Å². The van der Waals surface area contributed by atoms with Crippen molar-refractivity contribution < 1.29 is 19.4 Å². The first-order chi connectivity index (χ1) is 14.2. The number of nitrogens with zero attached hydrogens (tertiary/aromatic N) is 3. The molecule has 0 radical (unpaired) electrons. The number of pyridine rings is 1. The molecule has 0 aromatic carbocycles. The Morgan fingerprint density at radius 1 is 1.23 bits per heavy atom. The molecular weight excluding hydrogens is 384 g/mol. The number of aliphatic carboxylic acids is 1. The average molecular weight is 415 g/mol. The Bertz CT molecular complexity index is 864. The smallest absolute Gasteiger partial charge is 0.413 e. The number of carbonyl (C=O) groups is 2. The minimum Gasteiger partial charge on any atom is -0.481 e. The number of nitrogens with one attached hydrogen (secondary N) is 1. The van der Waals surface area contributed by atoms with E-state index >= 15 is 0 Å². The Kier molecular flexibility index (Phi) is 6.74. The fourth-order valence-electron chi connectivity index (χ4n) is 3.69. The third-order valence-corrected chi connectivity index (χ3v) is 5.17. The summed E-state index contributed by atoms with van der Waals surface area (Å²) < 4.78 is 7.27. The van der Waals surface area contributed by atoms with E-state index in [1.165, 1.54) is 19.3 Å². The van der Waals surface area contributed by atoms with Gasteiger partial charge in [0.1, 0.15) is 17.3 Å². The highest BCUT2D eigenvalue weighted by Gasteiger charge is 2.25. The number of amides is 1. The van der Waals surface area contributed by atoms with Gasteiger partial charge >= 0.3 is 12.1 Å². The lowest BCUT2D eigenvalue weighted by Crippen LogP contribution is -2.27. The summed E-state index contributed by atoms with van der Waals surface area (Å²) in [5, 5.41) is 12.3. The second-order valence-electron chi connectivity index (χ2n) is 8.81. The summed E-state index contributed by atoms with van der Waals surface area (Å²) in [4.78, 5) is 32.3. The molecule has 1 unspecified atom stereocenters. The Morgan fingerprint density at radius 2 is 1.97 bits per heavy atom. The van der Waals surface area contributed by atoms with Crippen LogP contribution in [0, 0.1) is 0 Å². The van der Waals surface area contributed by atoms with Crippen LogP contribution in [0.1, 0.15) is 76.1 Å². The number of carbonyl (C=O) groups excluding carboxylic acids is 1. The van der Waals surface area contributed by atoms with Crippen LogP contribution in [0.3, 0.4) is 0 Å². The van der Waals surface area contributed by atoms with E-state index in [1.54, 1.807) is 45.4 Å². The molecule has 1 fully saturated rings. The summed E-state index contributed by atoms with van der Waals surface area (Å²) in [5.74, 6) is -1.32. The van der Waals surface area contributed by atoms with Crippen molar-refractivity contribution in [2.24, 2.45) is 0 Å². The molecule has 162 valence electrons. The molecule has 30 heavy (non-hydrogen) atoms. The van der Waals surface area contributed by atoms with Crippen molar-refractivity contribution in [3.63, 3.8) is 0 Å². The van der Waals surface area contributed by atoms with Crippen molar-refractivity contribution in [1.29, 1.82) is 0 Å². The Balaban J connectivity index is 1.65. The number of anilines is 1. The summed E-state index contributed by atoms with van der Waals surface area (Å²) in [6.07, 6.45) is 10.8. The van der Waals surface area contributed by atoms with E-state index in [9.17, 15) is 14.7 Å². The lowest BCUT2D eigenvalue weighted by molar-refractivity contribution is -0.138. The van der Waals surface area contributed by atoms with Crippen LogP contribution in [0.15, 0.2) is 30.9 Å². The van der Waals surface area contributed by atoms with Gasteiger partial charge in [-0.1, -0.05) is 25.3 Å². The molecule has 0 spiro atoms. The summed E-state index contributed by atoms with van der Waals surface area (Å²) >= 11 is 0. The summed E-state index contributed by atoms with van der Waals surface area (Å²) in [5.41, 5.74) is 0.716. The van der Waals surface area contributed by atoms with Crippen LogP contribution in [0.4, 0.5) is 10.6 Å². The minimum atomic E-state index is -0.917. The van der Waals surface area contributed by atoms with Crippen molar-refractivity contribution in [2.45, 2.75) is 76.9 Å². The molecule has 1 aliphatic rings. The molecule has 3 rings (SSSR count). The Labute approximate surface area is 176 Å². The van der Waals surface area contributed by atoms with E-state index in [0.717, 1.165) is 18.4 Å². The predicted octanol–water partition coefficient (Wildman–Crippen LogP) is 4.54. The van der Waals surface area contributed by atoms with Gasteiger partial charge in [-0.05, 0) is 51.7 Å². The van der Waals surface area contributed by atoms with Crippen LogP contribution >= 0.6 is 0 Å². The fourth-order valence-corrected chi connectivity index (χ4v) is 3.69. The van der Waals surface area contributed by atoms with Crippen LogP contribution < -0.4 is 5.32 Å². The van der Waals surface area contributed by atoms with E-state index in [2.05, 4.69) is 19.9 Å². The maximum atomic E-state index is 11.9. The molecule has 1 saturated carbocycles. The molecule has 1 amide bonds. The lowest BCUT2D eigenvalue weighted by atomic mass is 9.95. The van der Waals surface area contributed by atoms with Gasteiger partial charge in [0.25, 0.3) is 0 Å². The lowest BCUT2D eigenvalue weighted by Gasteiger charge is -2.22. The fraction of sp³-hybridized carbons (Fsp3) is 0.545. The minimum absolute atomic E-state index is 0.275. The topological polar surface area (TPSA) is 106 Å². The van der Waals surface area contributed by atoms with Gasteiger partial charge in [-0.15, -0.1) is 0 Å². The second kappa shape index (κ2) is 9.28. The average Bonchev–Trinajstić information content (AvgIpc) is 3.16. The molecule has 2 aromatic heterocycles. The number of hydrogen-bond acceptors (Lipinski definition) is 5. The van der Waals surface area contributed by atoms with E-state index in [0.29, 0.717) is 17.6 Å². The van der Waals surface area contributed by atoms with Gasteiger partial charge in [-0.2, -0.15) is 0 Å². The summed E-state index contributed by atoms with van der Waals surface area (Å²) in [6, 6.07) is 3.81. The maximum absolute atomic E-state index is 11.9. The second-order valence-corrected chi connectivity index (χ2v) is 8.81. The van der Waals surface area contributed by atoms with Gasteiger partial charge in [-0.3, -0.25) is 10.1 Å². The zero-order valence-electron chi connectivity index (χ0n) is 17.8. The zero-order chi connectivity index (χ0) is 21.7. The van der Waals surface area contributed by atoms with Crippen molar-refractivity contribution in [1.82, 2.24) is 14.5 Å². The first-order valence-electron chi connectivity index (χ1n) is 10.4. The van der Waals surface area contributed by atoms with Crippen molar-refractivity contribution in [2.75, 3.05) is 5.32 Å². The van der Waals surface area contributed by atoms with Gasteiger partial charge in [0, 0.05) is 18.4 Å². The summed E-state index contributed by atoms with van der Waals surface area (Å²) in [7, 11) is 0. The van der Waals surface area contributed by atoms with Crippen molar-refractivity contribution in [3.8, 4) is 0 Å². The molecule has 2 heterocycles. The van der Waals surface area contributed by atoms with Crippen molar-refractivity contribution >= 4 is 17.9 Å². The van der Waals surface area contributed by atoms with Crippen LogP contribution in [0.2, 0.25) is 0 Å². The number of carboxylic acid groups (broad SMARTS) is 1. The maximum Gasteiger partial charge on any atom is 0.413 e. The molecule has 8 nitrogen and oxygen atoms in total. The van der Waals surface area contributed by atoms with E-state index in [1.807, 2.05) is 6.20 Å². The molecule has 8 heteroatoms. The molecule has 2 aromatic rings. The van der Waals surface area contributed by atoms with Gasteiger partial charge < -0.3 is 14.4 Å². The molecule has 0 saturated heterocycles. The zero-order valence-corrected chi connectivity index (χ0v) is 17.8. The highest BCUT2D eigenvalue weighted by atomic mass is 16.6. The number of aromatic nitrogens is 3. The van der Waals surface area contributed by atoms with E-state index in [4.69, 9.17) is 4.74 Å². The normalized spacial score (nSPS) is 16.1. The molecular formula is C22H30N4O4. The SMILES string of the molecule is CC(C)(C)OC(=O)Nc1ccc(CC(C(=O)O)c2cn(C3CCCCC3)cn2)cn1. The van der Waals surface area contributed by atoms with E-state index < -0.39 is 23.6 Å².